The normalized spacial score (nSPS) is 21.3. The van der Waals surface area contributed by atoms with Crippen molar-refractivity contribution in [3.05, 3.63) is 89.8 Å². The predicted octanol–water partition coefficient (Wildman–Crippen LogP) is 5.66. The van der Waals surface area contributed by atoms with Gasteiger partial charge in [0.1, 0.15) is 11.6 Å². The highest BCUT2D eigenvalue weighted by Gasteiger charge is 2.49. The maximum absolute atomic E-state index is 15.0. The first-order valence-corrected chi connectivity index (χ1v) is 14.4. The Kier molecular flexibility index (Phi) is 7.61. The number of carbonyl (C=O) groups excluding carboxylic acids is 2. The summed E-state index contributed by atoms with van der Waals surface area (Å²) in [5, 5.41) is 5.40. The van der Waals surface area contributed by atoms with Crippen molar-refractivity contribution in [2.75, 3.05) is 12.4 Å². The van der Waals surface area contributed by atoms with E-state index in [4.69, 9.17) is 4.74 Å². The molecule has 0 spiro atoms. The molecule has 4 atom stereocenters. The van der Waals surface area contributed by atoms with Crippen LogP contribution in [0.15, 0.2) is 77.7 Å². The molecule has 0 saturated heterocycles. The van der Waals surface area contributed by atoms with Gasteiger partial charge in [0.05, 0.1) is 23.5 Å². The fourth-order valence-electron chi connectivity index (χ4n) is 5.64. The third-order valence-corrected chi connectivity index (χ3v) is 9.12. The lowest BCUT2D eigenvalue weighted by Crippen LogP contribution is -2.47. The molecule has 2 N–H and O–H groups in total. The molecular formula is C30H26F4N2O5S. The number of amides is 2. The van der Waals surface area contributed by atoms with Gasteiger partial charge in [0.25, 0.3) is 15.7 Å². The van der Waals surface area contributed by atoms with Crippen molar-refractivity contribution in [2.24, 2.45) is 17.8 Å². The maximum atomic E-state index is 15.0. The highest BCUT2D eigenvalue weighted by Crippen LogP contribution is 2.45. The van der Waals surface area contributed by atoms with E-state index in [0.717, 1.165) is 29.8 Å². The molecular weight excluding hydrogens is 576 g/mol. The minimum atomic E-state index is -5.61. The Morgan fingerprint density at radius 1 is 0.976 bits per heavy atom. The van der Waals surface area contributed by atoms with Gasteiger partial charge < -0.3 is 15.4 Å². The molecule has 0 aliphatic heterocycles. The maximum Gasteiger partial charge on any atom is 0.501 e. The summed E-state index contributed by atoms with van der Waals surface area (Å²) < 4.78 is 83.1. The monoisotopic (exact) mass is 602 g/mol. The molecule has 2 amide bonds. The first kappa shape index (κ1) is 29.3. The van der Waals surface area contributed by atoms with Crippen LogP contribution in [0.1, 0.15) is 22.3 Å². The van der Waals surface area contributed by atoms with E-state index < -0.39 is 49.8 Å². The summed E-state index contributed by atoms with van der Waals surface area (Å²) in [7, 11) is -4.31. The standard InChI is InChI=1S/C30H26F4N2O5S/c1-16-5-3-6-17(11-16)22-14-23(25(41-2)15-24(22)31)28(37)36-27-19-10-9-18(12-19)26(27)29(38)35-20-7-4-8-21(13-20)42(39,40)30(32,33)34/h3-11,13-15,18-19,26-27H,12H2,1-2H3,(H,35,38)(H,36,37)/t18-,19+,26+,27-/m1/s1. The van der Waals surface area contributed by atoms with E-state index in [9.17, 15) is 35.6 Å². The quantitative estimate of drug-likeness (QED) is 0.269. The second-order valence-corrected chi connectivity index (χ2v) is 12.3. The number of rotatable bonds is 7. The summed E-state index contributed by atoms with van der Waals surface area (Å²) in [6.45, 7) is 1.86. The molecule has 0 radical (unpaired) electrons. The Labute approximate surface area is 239 Å². The van der Waals surface area contributed by atoms with E-state index in [-0.39, 0.29) is 34.4 Å². The molecule has 1 saturated carbocycles. The number of allylic oxidation sites excluding steroid dienone is 1. The van der Waals surface area contributed by atoms with Crippen LogP contribution >= 0.6 is 0 Å². The van der Waals surface area contributed by atoms with Gasteiger partial charge in [-0.2, -0.15) is 13.2 Å². The lowest BCUT2D eigenvalue weighted by atomic mass is 9.87. The number of ether oxygens (including phenoxy) is 1. The zero-order valence-electron chi connectivity index (χ0n) is 22.4. The van der Waals surface area contributed by atoms with Crippen LogP contribution in [-0.2, 0) is 14.6 Å². The predicted molar refractivity (Wildman–Crippen MR) is 147 cm³/mol. The van der Waals surface area contributed by atoms with E-state index in [0.29, 0.717) is 12.0 Å². The van der Waals surface area contributed by atoms with Crippen LogP contribution in [0.5, 0.6) is 5.75 Å². The molecule has 0 unspecified atom stereocenters. The molecule has 42 heavy (non-hydrogen) atoms. The smallest absolute Gasteiger partial charge is 0.496 e. The van der Waals surface area contributed by atoms with Crippen molar-refractivity contribution >= 4 is 27.3 Å². The molecule has 0 aromatic heterocycles. The largest absolute Gasteiger partial charge is 0.501 e. The highest BCUT2D eigenvalue weighted by molar-refractivity contribution is 7.92. The van der Waals surface area contributed by atoms with E-state index in [2.05, 4.69) is 10.6 Å². The summed E-state index contributed by atoms with van der Waals surface area (Å²) >= 11 is 0. The number of hydrogen-bond donors (Lipinski definition) is 2. The van der Waals surface area contributed by atoms with E-state index >= 15 is 0 Å². The van der Waals surface area contributed by atoms with Crippen LogP contribution in [0.2, 0.25) is 0 Å². The SMILES string of the molecule is COc1cc(F)c(-c2cccc(C)c2)cc1C(=O)N[C@H]1[C@@H](C(=O)Nc2cccc(S(=O)(=O)C(F)(F)F)c2)[C@@H]2C=C[C@H]1C2. The number of aryl methyl sites for hydroxylation is 1. The van der Waals surface area contributed by atoms with Gasteiger partial charge in [0.2, 0.25) is 5.91 Å². The molecule has 7 nitrogen and oxygen atoms in total. The van der Waals surface area contributed by atoms with Crippen molar-refractivity contribution in [1.29, 1.82) is 0 Å². The van der Waals surface area contributed by atoms with E-state index in [1.807, 2.05) is 25.1 Å². The molecule has 12 heteroatoms. The van der Waals surface area contributed by atoms with Gasteiger partial charge in [-0.05, 0) is 55.0 Å². The molecule has 3 aromatic rings. The second kappa shape index (κ2) is 10.9. The molecule has 2 bridgehead atoms. The average molecular weight is 603 g/mol. The number of fused-ring (bicyclic) bond motifs is 2. The van der Waals surface area contributed by atoms with Gasteiger partial charge in [0, 0.05) is 23.4 Å². The Balaban J connectivity index is 1.40. The molecule has 2 aliphatic rings. The fraction of sp³-hybridized carbons (Fsp3) is 0.267. The van der Waals surface area contributed by atoms with Crippen LogP contribution in [-0.4, -0.2) is 38.9 Å². The van der Waals surface area contributed by atoms with Gasteiger partial charge in [0.15, 0.2) is 0 Å². The van der Waals surface area contributed by atoms with Gasteiger partial charge in [-0.3, -0.25) is 9.59 Å². The van der Waals surface area contributed by atoms with Gasteiger partial charge in [-0.1, -0.05) is 48.0 Å². The fourth-order valence-corrected chi connectivity index (χ4v) is 6.45. The van der Waals surface area contributed by atoms with Crippen LogP contribution in [0.25, 0.3) is 11.1 Å². The van der Waals surface area contributed by atoms with Crippen LogP contribution in [0.4, 0.5) is 23.2 Å². The summed E-state index contributed by atoms with van der Waals surface area (Å²) in [4.78, 5) is 25.9. The van der Waals surface area contributed by atoms with Crippen molar-refractivity contribution in [2.45, 2.75) is 29.8 Å². The van der Waals surface area contributed by atoms with Gasteiger partial charge in [-0.15, -0.1) is 0 Å². The Bertz CT molecular complexity index is 1700. The first-order valence-electron chi connectivity index (χ1n) is 13.0. The minimum Gasteiger partial charge on any atom is -0.496 e. The summed E-state index contributed by atoms with van der Waals surface area (Å²) in [6.07, 6.45) is 4.28. The number of methoxy groups -OCH3 is 1. The third kappa shape index (κ3) is 5.38. The zero-order valence-corrected chi connectivity index (χ0v) is 23.2. The van der Waals surface area contributed by atoms with Gasteiger partial charge in [-0.25, -0.2) is 12.8 Å². The number of hydrogen-bond acceptors (Lipinski definition) is 5. The van der Waals surface area contributed by atoms with Crippen LogP contribution < -0.4 is 15.4 Å². The van der Waals surface area contributed by atoms with Crippen molar-refractivity contribution < 1.29 is 40.3 Å². The average Bonchev–Trinajstić information content (AvgIpc) is 3.54. The molecule has 2 aliphatic carbocycles. The van der Waals surface area contributed by atoms with Crippen LogP contribution in [0, 0.1) is 30.5 Å². The molecule has 1 fully saturated rings. The highest BCUT2D eigenvalue weighted by atomic mass is 32.2. The first-order chi connectivity index (χ1) is 19.8. The topological polar surface area (TPSA) is 102 Å². The number of halogens is 4. The van der Waals surface area contributed by atoms with Crippen LogP contribution in [0.3, 0.4) is 0 Å². The lowest BCUT2D eigenvalue weighted by molar-refractivity contribution is -0.121. The molecule has 5 rings (SSSR count). The van der Waals surface area contributed by atoms with Crippen molar-refractivity contribution in [1.82, 2.24) is 5.32 Å². The number of anilines is 1. The molecule has 0 heterocycles. The Morgan fingerprint density at radius 2 is 1.69 bits per heavy atom. The van der Waals surface area contributed by atoms with E-state index in [1.165, 1.54) is 19.2 Å². The van der Waals surface area contributed by atoms with Gasteiger partial charge >= 0.3 is 5.51 Å². The van der Waals surface area contributed by atoms with Crippen molar-refractivity contribution in [3.8, 4) is 16.9 Å². The Hall–Kier alpha value is -4.19. The van der Waals surface area contributed by atoms with Crippen molar-refractivity contribution in [3.63, 3.8) is 0 Å². The Morgan fingerprint density at radius 3 is 2.38 bits per heavy atom. The summed E-state index contributed by atoms with van der Waals surface area (Å²) in [6, 6.07) is 12.9. The number of benzene rings is 3. The number of alkyl halides is 3. The molecule has 3 aromatic carbocycles. The third-order valence-electron chi connectivity index (χ3n) is 7.64. The molecule has 220 valence electrons. The summed E-state index contributed by atoms with van der Waals surface area (Å²) in [5.74, 6) is -3.02. The second-order valence-electron chi connectivity index (χ2n) is 10.3. The number of nitrogens with one attached hydrogen (secondary N) is 2. The number of carbonyl (C=O) groups is 2. The van der Waals surface area contributed by atoms with E-state index in [1.54, 1.807) is 18.2 Å². The number of sulfone groups is 1. The lowest BCUT2D eigenvalue weighted by Gasteiger charge is -2.28. The minimum absolute atomic E-state index is 0.00351. The summed E-state index contributed by atoms with van der Waals surface area (Å²) in [5.41, 5.74) is -3.91. The zero-order chi connectivity index (χ0) is 30.4.